The van der Waals surface area contributed by atoms with Crippen LogP contribution in [0.25, 0.3) is 0 Å². The van der Waals surface area contributed by atoms with E-state index < -0.39 is 10.0 Å². The van der Waals surface area contributed by atoms with Crippen LogP contribution in [0.2, 0.25) is 0 Å². The van der Waals surface area contributed by atoms with Gasteiger partial charge in [0.1, 0.15) is 4.90 Å². The number of nitrogens with zero attached hydrogens (tertiary/aromatic N) is 2. The van der Waals surface area contributed by atoms with Gasteiger partial charge in [0.2, 0.25) is 10.0 Å². The maximum Gasteiger partial charge on any atom is 0.244 e. The van der Waals surface area contributed by atoms with E-state index in [4.69, 9.17) is 0 Å². The number of hydrogen-bond acceptors (Lipinski definition) is 5. The van der Waals surface area contributed by atoms with Crippen molar-refractivity contribution >= 4 is 27.6 Å². The van der Waals surface area contributed by atoms with E-state index in [-0.39, 0.29) is 15.9 Å². The molecule has 5 nitrogen and oxygen atoms in total. The SMILES string of the molecule is CC(Sc1ccc(S(=O)(=O)N(C)C)cn1)C(=O)c1ccccc1. The van der Waals surface area contributed by atoms with Crippen LogP contribution in [-0.4, -0.2) is 42.8 Å². The highest BCUT2D eigenvalue weighted by molar-refractivity contribution is 8.00. The van der Waals surface area contributed by atoms with Crippen LogP contribution in [0.4, 0.5) is 0 Å². The Morgan fingerprint density at radius 1 is 1.13 bits per heavy atom. The van der Waals surface area contributed by atoms with Crippen LogP contribution in [0.5, 0.6) is 0 Å². The molecule has 0 aliphatic carbocycles. The van der Waals surface area contributed by atoms with Gasteiger partial charge in [-0.3, -0.25) is 4.79 Å². The van der Waals surface area contributed by atoms with Gasteiger partial charge in [-0.15, -0.1) is 0 Å². The molecule has 7 heteroatoms. The van der Waals surface area contributed by atoms with Gasteiger partial charge in [-0.2, -0.15) is 0 Å². The standard InChI is InChI=1S/C16H18N2O3S2/c1-12(16(19)13-7-5-4-6-8-13)22-15-10-9-14(11-17-15)23(20,21)18(2)3/h4-12H,1-3H3. The molecule has 0 saturated heterocycles. The van der Waals surface area contributed by atoms with Gasteiger partial charge in [0, 0.05) is 25.9 Å². The number of carbonyl (C=O) groups is 1. The third kappa shape index (κ3) is 4.19. The number of rotatable bonds is 6. The average Bonchev–Trinajstić information content (AvgIpc) is 2.55. The lowest BCUT2D eigenvalue weighted by atomic mass is 10.1. The highest BCUT2D eigenvalue weighted by Crippen LogP contribution is 2.25. The summed E-state index contributed by atoms with van der Waals surface area (Å²) in [5.41, 5.74) is 0.652. The Hall–Kier alpha value is -1.70. The van der Waals surface area contributed by atoms with Gasteiger partial charge >= 0.3 is 0 Å². The first-order valence-corrected chi connectivity index (χ1v) is 9.29. The van der Waals surface area contributed by atoms with Crippen LogP contribution in [0.15, 0.2) is 58.6 Å². The number of sulfonamides is 1. The van der Waals surface area contributed by atoms with E-state index in [2.05, 4.69) is 4.98 Å². The lowest BCUT2D eigenvalue weighted by molar-refractivity contribution is 0.0994. The van der Waals surface area contributed by atoms with Gasteiger partial charge in [-0.05, 0) is 19.1 Å². The third-order valence-corrected chi connectivity index (χ3v) is 6.06. The largest absolute Gasteiger partial charge is 0.293 e. The maximum atomic E-state index is 12.3. The molecule has 1 atom stereocenters. The number of hydrogen-bond donors (Lipinski definition) is 0. The fraction of sp³-hybridized carbons (Fsp3) is 0.250. The van der Waals surface area contributed by atoms with Crippen LogP contribution in [0.3, 0.4) is 0 Å². The second kappa shape index (κ2) is 7.25. The summed E-state index contributed by atoms with van der Waals surface area (Å²) in [5, 5.41) is 0.306. The van der Waals surface area contributed by atoms with Gasteiger partial charge in [0.15, 0.2) is 5.78 Å². The van der Waals surface area contributed by atoms with Crippen molar-refractivity contribution in [1.82, 2.24) is 9.29 Å². The predicted octanol–water partition coefficient (Wildman–Crippen LogP) is 2.70. The highest BCUT2D eigenvalue weighted by atomic mass is 32.2. The Morgan fingerprint density at radius 3 is 2.30 bits per heavy atom. The zero-order valence-corrected chi connectivity index (χ0v) is 14.8. The topological polar surface area (TPSA) is 67.3 Å². The molecule has 1 unspecified atom stereocenters. The van der Waals surface area contributed by atoms with E-state index in [0.717, 1.165) is 4.31 Å². The Balaban J connectivity index is 2.11. The monoisotopic (exact) mass is 350 g/mol. The van der Waals surface area contributed by atoms with Crippen LogP contribution >= 0.6 is 11.8 Å². The minimum absolute atomic E-state index is 0.0161. The van der Waals surface area contributed by atoms with Crippen LogP contribution < -0.4 is 0 Å². The minimum atomic E-state index is -3.49. The Bertz CT molecular complexity index is 773. The van der Waals surface area contributed by atoms with E-state index in [0.29, 0.717) is 10.6 Å². The summed E-state index contributed by atoms with van der Waals surface area (Å²) in [6, 6.07) is 12.2. The Morgan fingerprint density at radius 2 is 1.78 bits per heavy atom. The number of pyridine rings is 1. The first-order chi connectivity index (χ1) is 10.8. The fourth-order valence-electron chi connectivity index (χ4n) is 1.87. The number of carbonyl (C=O) groups excluding carboxylic acids is 1. The number of Topliss-reactive ketones (excluding diaryl/α,β-unsaturated/α-hetero) is 1. The Kier molecular flexibility index (Phi) is 5.56. The molecule has 0 fully saturated rings. The van der Waals surface area contributed by atoms with Crippen LogP contribution in [0.1, 0.15) is 17.3 Å². The summed E-state index contributed by atoms with van der Waals surface area (Å²) in [4.78, 5) is 16.6. The molecule has 0 amide bonds. The van der Waals surface area contributed by atoms with Crippen molar-refractivity contribution in [2.24, 2.45) is 0 Å². The average molecular weight is 350 g/mol. The second-order valence-electron chi connectivity index (χ2n) is 5.11. The molecule has 1 aromatic carbocycles. The molecule has 2 aromatic rings. The van der Waals surface area contributed by atoms with Gasteiger partial charge in [-0.25, -0.2) is 17.7 Å². The molecular weight excluding hydrogens is 332 g/mol. The van der Waals surface area contributed by atoms with Crippen molar-refractivity contribution in [3.05, 3.63) is 54.2 Å². The first kappa shape index (κ1) is 17.7. The Labute approximate surface area is 140 Å². The lowest BCUT2D eigenvalue weighted by Crippen LogP contribution is -2.22. The second-order valence-corrected chi connectivity index (χ2v) is 8.62. The maximum absolute atomic E-state index is 12.3. The molecule has 0 radical (unpaired) electrons. The molecule has 0 N–H and O–H groups in total. The fourth-order valence-corrected chi connectivity index (χ4v) is 3.58. The van der Waals surface area contributed by atoms with E-state index in [1.807, 2.05) is 25.1 Å². The summed E-state index contributed by atoms with van der Waals surface area (Å²) in [6.45, 7) is 1.81. The molecule has 0 aliphatic rings. The molecule has 1 aromatic heterocycles. The quantitative estimate of drug-likeness (QED) is 0.592. The lowest BCUT2D eigenvalue weighted by Gasteiger charge is -2.12. The number of aromatic nitrogens is 1. The normalized spacial score (nSPS) is 13.0. The zero-order valence-electron chi connectivity index (χ0n) is 13.1. The van der Waals surface area contributed by atoms with E-state index >= 15 is 0 Å². The summed E-state index contributed by atoms with van der Waals surface area (Å²) in [7, 11) is -0.545. The van der Waals surface area contributed by atoms with E-state index in [1.165, 1.54) is 38.1 Å². The van der Waals surface area contributed by atoms with Crippen molar-refractivity contribution in [1.29, 1.82) is 0 Å². The minimum Gasteiger partial charge on any atom is -0.293 e. The third-order valence-electron chi connectivity index (χ3n) is 3.21. The summed E-state index contributed by atoms with van der Waals surface area (Å²) in [6.07, 6.45) is 1.32. The molecule has 122 valence electrons. The summed E-state index contributed by atoms with van der Waals surface area (Å²) in [5.74, 6) is 0.0161. The van der Waals surface area contributed by atoms with Gasteiger partial charge in [-0.1, -0.05) is 42.1 Å². The van der Waals surface area contributed by atoms with E-state index in [9.17, 15) is 13.2 Å². The van der Waals surface area contributed by atoms with Crippen LogP contribution in [-0.2, 0) is 10.0 Å². The molecule has 23 heavy (non-hydrogen) atoms. The highest BCUT2D eigenvalue weighted by Gasteiger charge is 2.19. The van der Waals surface area contributed by atoms with Crippen molar-refractivity contribution in [3.8, 4) is 0 Å². The smallest absolute Gasteiger partial charge is 0.244 e. The first-order valence-electron chi connectivity index (χ1n) is 6.97. The molecule has 0 bridgehead atoms. The summed E-state index contributed by atoms with van der Waals surface area (Å²) < 4.78 is 25.1. The predicted molar refractivity (Wildman–Crippen MR) is 91.2 cm³/mol. The van der Waals surface area contributed by atoms with E-state index in [1.54, 1.807) is 18.2 Å². The van der Waals surface area contributed by atoms with Crippen molar-refractivity contribution in [2.75, 3.05) is 14.1 Å². The van der Waals surface area contributed by atoms with Crippen LogP contribution in [0, 0.1) is 0 Å². The zero-order chi connectivity index (χ0) is 17.0. The molecule has 0 aliphatic heterocycles. The number of benzene rings is 1. The van der Waals surface area contributed by atoms with Crippen molar-refractivity contribution in [2.45, 2.75) is 22.1 Å². The summed E-state index contributed by atoms with van der Waals surface area (Å²) >= 11 is 1.31. The van der Waals surface area contributed by atoms with Crippen molar-refractivity contribution < 1.29 is 13.2 Å². The molecule has 2 rings (SSSR count). The number of ketones is 1. The molecule has 0 spiro atoms. The molecular formula is C16H18N2O3S2. The van der Waals surface area contributed by atoms with Gasteiger partial charge in [0.25, 0.3) is 0 Å². The van der Waals surface area contributed by atoms with Gasteiger partial charge in [0.05, 0.1) is 10.3 Å². The molecule has 0 saturated carbocycles. The molecule has 1 heterocycles. The van der Waals surface area contributed by atoms with Gasteiger partial charge < -0.3 is 0 Å². The number of thioether (sulfide) groups is 1. The van der Waals surface area contributed by atoms with Crippen molar-refractivity contribution in [3.63, 3.8) is 0 Å².